The van der Waals surface area contributed by atoms with Crippen molar-refractivity contribution in [3.63, 3.8) is 0 Å². The van der Waals surface area contributed by atoms with Crippen LogP contribution in [0.15, 0.2) is 30.8 Å². The van der Waals surface area contributed by atoms with Gasteiger partial charge in [0.1, 0.15) is 5.41 Å². The molecule has 0 saturated heterocycles. The van der Waals surface area contributed by atoms with Crippen molar-refractivity contribution in [1.29, 1.82) is 0 Å². The van der Waals surface area contributed by atoms with Gasteiger partial charge in [-0.05, 0) is 50.1 Å². The molecular formula is C19H29N3O2. The molecule has 0 aliphatic heterocycles. The summed E-state index contributed by atoms with van der Waals surface area (Å²) in [5.74, 6) is -0.681. The highest BCUT2D eigenvalue weighted by molar-refractivity contribution is 5.85. The van der Waals surface area contributed by atoms with E-state index in [-0.39, 0.29) is 11.3 Å². The smallest absolute Gasteiger partial charge is 0.316 e. The minimum atomic E-state index is -0.850. The lowest BCUT2D eigenvalue weighted by Crippen LogP contribution is -2.28. The van der Waals surface area contributed by atoms with Crippen LogP contribution >= 0.6 is 0 Å². The summed E-state index contributed by atoms with van der Waals surface area (Å²) >= 11 is 0. The maximum absolute atomic E-state index is 12.0. The van der Waals surface area contributed by atoms with Crippen molar-refractivity contribution >= 4 is 11.7 Å². The summed E-state index contributed by atoms with van der Waals surface area (Å²) in [5, 5.41) is 9.81. The van der Waals surface area contributed by atoms with E-state index < -0.39 is 11.4 Å². The molecule has 2 rings (SSSR count). The fourth-order valence-corrected chi connectivity index (χ4v) is 3.19. The largest absolute Gasteiger partial charge is 0.481 e. The molecular weight excluding hydrogens is 302 g/mol. The Kier molecular flexibility index (Phi) is 5.33. The Morgan fingerprint density at radius 1 is 1.58 bits per heavy atom. The Morgan fingerprint density at radius 2 is 2.29 bits per heavy atom. The van der Waals surface area contributed by atoms with Crippen molar-refractivity contribution in [3.8, 4) is 0 Å². The van der Waals surface area contributed by atoms with E-state index in [0.717, 1.165) is 18.5 Å². The zero-order chi connectivity index (χ0) is 18.0. The van der Waals surface area contributed by atoms with Crippen molar-refractivity contribution in [2.24, 2.45) is 17.1 Å². The van der Waals surface area contributed by atoms with Crippen LogP contribution in [-0.2, 0) is 10.2 Å². The summed E-state index contributed by atoms with van der Waals surface area (Å²) in [6, 6.07) is 0. The summed E-state index contributed by atoms with van der Waals surface area (Å²) in [6.07, 6.45) is 12.1. The number of hydrogen-bond acceptors (Lipinski definition) is 3. The van der Waals surface area contributed by atoms with Gasteiger partial charge in [0.2, 0.25) is 0 Å². The minimum Gasteiger partial charge on any atom is -0.481 e. The standard InChI is InChI=1S/C19H29N3O2/c1-5-6-7-8-14(2)22-11-16(21-13-22)19(17(23)24)10-15(19)9-18(3,4)12-20/h6-8,11,13,15H,5,9-10,12,20H2,1-4H3,(H,23,24)/b7-6-,14-8+. The van der Waals surface area contributed by atoms with Crippen LogP contribution in [0, 0.1) is 11.3 Å². The number of carboxylic acids is 1. The molecule has 1 saturated carbocycles. The van der Waals surface area contributed by atoms with E-state index in [1.54, 1.807) is 6.33 Å². The molecule has 5 nitrogen and oxygen atoms in total. The van der Waals surface area contributed by atoms with Gasteiger partial charge >= 0.3 is 5.97 Å². The molecule has 3 N–H and O–H groups in total. The van der Waals surface area contributed by atoms with Crippen LogP contribution in [-0.4, -0.2) is 27.2 Å². The first kappa shape index (κ1) is 18.5. The van der Waals surface area contributed by atoms with Gasteiger partial charge in [0, 0.05) is 11.9 Å². The van der Waals surface area contributed by atoms with Gasteiger partial charge in [0.15, 0.2) is 0 Å². The molecule has 5 heteroatoms. The first-order valence-electron chi connectivity index (χ1n) is 8.58. The third kappa shape index (κ3) is 3.61. The zero-order valence-electron chi connectivity index (χ0n) is 15.1. The molecule has 1 fully saturated rings. The van der Waals surface area contributed by atoms with E-state index in [9.17, 15) is 9.90 Å². The first-order chi connectivity index (χ1) is 11.3. The Hall–Kier alpha value is -1.88. The number of nitrogens with zero attached hydrogens (tertiary/aromatic N) is 2. The molecule has 0 spiro atoms. The summed E-state index contributed by atoms with van der Waals surface area (Å²) in [4.78, 5) is 16.4. The highest BCUT2D eigenvalue weighted by atomic mass is 16.4. The van der Waals surface area contributed by atoms with E-state index in [4.69, 9.17) is 5.73 Å². The molecule has 1 aliphatic carbocycles. The number of rotatable bonds is 8. The van der Waals surface area contributed by atoms with Crippen LogP contribution in [0.4, 0.5) is 0 Å². The van der Waals surface area contributed by atoms with Gasteiger partial charge in [0.05, 0.1) is 12.0 Å². The molecule has 0 bridgehead atoms. The molecule has 24 heavy (non-hydrogen) atoms. The van der Waals surface area contributed by atoms with Crippen LogP contribution in [0.25, 0.3) is 5.70 Å². The quantitative estimate of drug-likeness (QED) is 0.715. The predicted octanol–water partition coefficient (Wildman–Crippen LogP) is 3.43. The third-order valence-electron chi connectivity index (χ3n) is 4.99. The monoisotopic (exact) mass is 331 g/mol. The maximum atomic E-state index is 12.0. The lowest BCUT2D eigenvalue weighted by molar-refractivity contribution is -0.140. The predicted molar refractivity (Wildman–Crippen MR) is 96.5 cm³/mol. The number of aliphatic carboxylic acids is 1. The highest BCUT2D eigenvalue weighted by Crippen LogP contribution is 2.58. The van der Waals surface area contributed by atoms with Gasteiger partial charge in [-0.1, -0.05) is 32.9 Å². The number of aromatic nitrogens is 2. The van der Waals surface area contributed by atoms with Gasteiger partial charge in [-0.25, -0.2) is 4.98 Å². The third-order valence-corrected chi connectivity index (χ3v) is 4.99. The van der Waals surface area contributed by atoms with Gasteiger partial charge in [-0.2, -0.15) is 0 Å². The van der Waals surface area contributed by atoms with Crippen LogP contribution in [0.1, 0.15) is 52.7 Å². The molecule has 1 aromatic rings. The molecule has 1 aliphatic rings. The molecule has 2 atom stereocenters. The number of carbonyl (C=O) groups is 1. The topological polar surface area (TPSA) is 81.1 Å². The SMILES string of the molecule is CC/C=C\C=C(/C)n1cnc(C2(C(=O)O)CC2CC(C)(C)CN)c1. The maximum Gasteiger partial charge on any atom is 0.316 e. The Bertz CT molecular complexity index is 657. The van der Waals surface area contributed by atoms with E-state index in [2.05, 4.69) is 31.8 Å². The van der Waals surface area contributed by atoms with Crippen molar-refractivity contribution in [1.82, 2.24) is 9.55 Å². The zero-order valence-corrected chi connectivity index (χ0v) is 15.1. The Balaban J connectivity index is 2.22. The van der Waals surface area contributed by atoms with E-state index in [1.807, 2.05) is 29.8 Å². The van der Waals surface area contributed by atoms with Gasteiger partial charge in [0.25, 0.3) is 0 Å². The average molecular weight is 331 g/mol. The molecule has 0 amide bonds. The van der Waals surface area contributed by atoms with E-state index in [1.165, 1.54) is 0 Å². The fourth-order valence-electron chi connectivity index (χ4n) is 3.19. The minimum absolute atomic E-state index is 0.0504. The number of allylic oxidation sites excluding steroid dienone is 4. The van der Waals surface area contributed by atoms with Crippen LogP contribution < -0.4 is 5.73 Å². The summed E-state index contributed by atoms with van der Waals surface area (Å²) < 4.78 is 1.89. The summed E-state index contributed by atoms with van der Waals surface area (Å²) in [5.41, 5.74) is 6.57. The normalized spacial score (nSPS) is 24.5. The van der Waals surface area contributed by atoms with Gasteiger partial charge in [-0.3, -0.25) is 4.79 Å². The number of hydrogen-bond donors (Lipinski definition) is 2. The number of carboxylic acid groups (broad SMARTS) is 1. The van der Waals surface area contributed by atoms with Gasteiger partial charge in [-0.15, -0.1) is 0 Å². The van der Waals surface area contributed by atoms with Crippen molar-refractivity contribution in [3.05, 3.63) is 36.4 Å². The van der Waals surface area contributed by atoms with Crippen LogP contribution in [0.2, 0.25) is 0 Å². The number of nitrogens with two attached hydrogens (primary N) is 1. The molecule has 1 aromatic heterocycles. The van der Waals surface area contributed by atoms with Crippen LogP contribution in [0.5, 0.6) is 0 Å². The lowest BCUT2D eigenvalue weighted by Gasteiger charge is -2.23. The molecule has 1 heterocycles. The molecule has 2 unspecified atom stereocenters. The summed E-state index contributed by atoms with van der Waals surface area (Å²) in [6.45, 7) is 8.80. The molecule has 0 aromatic carbocycles. The second-order valence-electron chi connectivity index (χ2n) is 7.56. The molecule has 132 valence electrons. The lowest BCUT2D eigenvalue weighted by atomic mass is 9.84. The molecule has 0 radical (unpaired) electrons. The average Bonchev–Trinajstić information content (AvgIpc) is 3.02. The Morgan fingerprint density at radius 3 is 2.88 bits per heavy atom. The van der Waals surface area contributed by atoms with Gasteiger partial charge < -0.3 is 15.4 Å². The Labute approximate surface area is 144 Å². The second kappa shape index (κ2) is 6.93. The van der Waals surface area contributed by atoms with E-state index >= 15 is 0 Å². The summed E-state index contributed by atoms with van der Waals surface area (Å²) in [7, 11) is 0. The van der Waals surface area contributed by atoms with Crippen molar-refractivity contribution in [2.75, 3.05) is 6.54 Å². The van der Waals surface area contributed by atoms with E-state index in [0.29, 0.717) is 18.7 Å². The first-order valence-corrected chi connectivity index (χ1v) is 8.58. The van der Waals surface area contributed by atoms with Crippen molar-refractivity contribution in [2.45, 2.75) is 52.4 Å². The second-order valence-corrected chi connectivity index (χ2v) is 7.56. The number of imidazole rings is 1. The van der Waals surface area contributed by atoms with Crippen LogP contribution in [0.3, 0.4) is 0 Å². The highest BCUT2D eigenvalue weighted by Gasteiger charge is 2.63. The fraction of sp³-hybridized carbons (Fsp3) is 0.579. The van der Waals surface area contributed by atoms with Crippen molar-refractivity contribution < 1.29 is 9.90 Å².